The Kier molecular flexibility index (Phi) is 34.6. The van der Waals surface area contributed by atoms with E-state index in [0.29, 0.717) is 22.9 Å². The van der Waals surface area contributed by atoms with Crippen molar-refractivity contribution in [2.75, 3.05) is 24.6 Å². The number of hydrogen-bond acceptors (Lipinski definition) is 21. The molecule has 1 saturated heterocycles. The number of nitrogens with two attached hydrogens (primary N) is 2. The zero-order valence-corrected chi connectivity index (χ0v) is 64.4. The molecular weight excluding hydrogens is 1500 g/mol. The van der Waals surface area contributed by atoms with Crippen LogP contribution in [-0.4, -0.2) is 234 Å². The number of benzene rings is 2. The predicted octanol–water partition coefficient (Wildman–Crippen LogP) is -4.37. The van der Waals surface area contributed by atoms with E-state index in [-0.39, 0.29) is 50.8 Å². The summed E-state index contributed by atoms with van der Waals surface area (Å²) in [4.78, 5) is 235. The maximum absolute atomic E-state index is 15.2. The van der Waals surface area contributed by atoms with Crippen molar-refractivity contribution in [1.82, 2.24) is 89.4 Å². The van der Waals surface area contributed by atoms with E-state index < -0.39 is 234 Å². The maximum Gasteiger partial charge on any atom is 0.328 e. The number of carboxylic acids is 2. The predicted molar refractivity (Wildman–Crippen MR) is 408 cm³/mol. The van der Waals surface area contributed by atoms with Gasteiger partial charge in [0.05, 0.1) is 31.1 Å². The molecule has 2 aromatic heterocycles. The van der Waals surface area contributed by atoms with E-state index in [0.717, 1.165) is 39.6 Å². The molecule has 2 aromatic carbocycles. The number of fused-ring (bicyclic) bond motifs is 2. The zero-order valence-electron chi connectivity index (χ0n) is 62.8. The van der Waals surface area contributed by atoms with Crippen molar-refractivity contribution in [2.24, 2.45) is 29.2 Å². The summed E-state index contributed by atoms with van der Waals surface area (Å²) in [5, 5.41) is 74.2. The van der Waals surface area contributed by atoms with E-state index in [1.54, 1.807) is 76.2 Å². The topological polar surface area (TPSA) is 623 Å². The highest BCUT2D eigenvalue weighted by molar-refractivity contribution is 8.76. The molecular formula is C71H100N20O19S2. The zero-order chi connectivity index (χ0) is 82.6. The summed E-state index contributed by atoms with van der Waals surface area (Å²) in [6.45, 7) is 9.02. The smallest absolute Gasteiger partial charge is 0.328 e. The normalized spacial score (nSPS) is 23.4. The lowest BCUT2D eigenvalue weighted by atomic mass is 9.93. The Hall–Kier alpha value is -11.4. The fraction of sp³-hybridized carbons (Fsp3) is 0.521. The lowest BCUT2D eigenvalue weighted by molar-refractivity contribution is -0.145. The molecule has 1 aliphatic heterocycles. The van der Waals surface area contributed by atoms with Crippen molar-refractivity contribution in [1.29, 1.82) is 5.41 Å². The Morgan fingerprint density at radius 1 is 0.661 bits per heavy atom. The number of H-pyrrole nitrogens is 2. The van der Waals surface area contributed by atoms with Gasteiger partial charge in [-0.1, -0.05) is 98.2 Å². The van der Waals surface area contributed by atoms with E-state index >= 15 is 14.4 Å². The van der Waals surface area contributed by atoms with Crippen LogP contribution in [0.15, 0.2) is 67.3 Å². The molecule has 1 aliphatic carbocycles. The molecule has 24 N–H and O–H groups in total. The van der Waals surface area contributed by atoms with Crippen molar-refractivity contribution in [3.05, 3.63) is 89.6 Å². The van der Waals surface area contributed by atoms with Crippen LogP contribution in [0.3, 0.4) is 0 Å². The van der Waals surface area contributed by atoms with Crippen LogP contribution in [0.1, 0.15) is 109 Å². The maximum atomic E-state index is 15.2. The van der Waals surface area contributed by atoms with Gasteiger partial charge in [0.25, 0.3) is 0 Å². The van der Waals surface area contributed by atoms with Gasteiger partial charge in [0.15, 0.2) is 12.0 Å². The van der Waals surface area contributed by atoms with Gasteiger partial charge >= 0.3 is 11.9 Å². The van der Waals surface area contributed by atoms with E-state index in [9.17, 15) is 77.6 Å². The highest BCUT2D eigenvalue weighted by Gasteiger charge is 2.42. The Bertz CT molecular complexity index is 4040. The molecule has 610 valence electrons. The number of nitrogens with zero attached hydrogens (tertiary/aromatic N) is 1. The lowest BCUT2D eigenvalue weighted by Gasteiger charge is -2.31. The van der Waals surface area contributed by atoms with E-state index in [1.807, 2.05) is 0 Å². The Balaban J connectivity index is 1.46. The van der Waals surface area contributed by atoms with Gasteiger partial charge in [0.2, 0.25) is 82.7 Å². The second-order valence-corrected chi connectivity index (χ2v) is 30.3. The van der Waals surface area contributed by atoms with E-state index in [1.165, 1.54) is 32.6 Å². The monoisotopic (exact) mass is 1600 g/mol. The average Bonchev–Trinajstić information content (AvgIpc) is 1.65. The summed E-state index contributed by atoms with van der Waals surface area (Å²) >= 11 is 0. The summed E-state index contributed by atoms with van der Waals surface area (Å²) in [6, 6.07) is -6.14. The number of guanidine groups is 1. The Labute approximate surface area is 651 Å². The first-order chi connectivity index (χ1) is 53.0. The largest absolute Gasteiger partial charge is 0.481 e. The lowest BCUT2D eigenvalue weighted by Crippen LogP contribution is -2.62. The first kappa shape index (κ1) is 89.5. The standard InChI is InChI=1S/C71H100N20O19S2/c1-8-34(4)56(81-37(7)93)68(107)88-51-31-112-111-30-50(66(105)90-57(36(6)92)70(109)110)87-61(100)45(18-13-21-76-71(73)74)82-63(102)48(25-42-28-75-32-79-42)84-59(98)35(5)80-53(95)29-78-60(99)47(24-41-27-77-44-17-12-11-16-43(41)44)85-64(103)49(26-54(96)97)86-62(101)46(19-20-52(72)94)83-69(108)58(40-22-38-14-9-10-15-39(38)23-40)91-67(106)55(33(2)3)89-65(51)104/h9-12,14-17,27-28,32-36,40,45-51,55-58,77,92H,8,13,18-26,29-31H2,1-7H3,(H2,72,94)(H,75,79)(H,78,99)(H,80,95)(H,81,93)(H,82,102)(H,83,108)(H,84,98)(H,85,103)(H,86,101)(H,87,100)(H,88,107)(H,89,104)(H,90,105)(H,91,106)(H,96,97)(H,109,110)(H4,73,74,76)/t34-,35-,36+,45-,46-,47-,48-,49-,50-,51-,55-,56-,57-,58+/m0/s1. The third-order valence-corrected chi connectivity index (χ3v) is 21.0. The van der Waals surface area contributed by atoms with Gasteiger partial charge in [-0.05, 0) is 86.5 Å². The summed E-state index contributed by atoms with van der Waals surface area (Å²) < 4.78 is 0. The number of aromatic amines is 2. The number of amides is 14. The number of carbonyl (C=O) groups excluding carboxylic acids is 14. The fourth-order valence-corrected chi connectivity index (χ4v) is 14.6. The van der Waals surface area contributed by atoms with Crippen molar-refractivity contribution >= 4 is 133 Å². The van der Waals surface area contributed by atoms with Gasteiger partial charge in [0.1, 0.15) is 66.5 Å². The van der Waals surface area contributed by atoms with Gasteiger partial charge in [-0.2, -0.15) is 0 Å². The quantitative estimate of drug-likeness (QED) is 0.0136. The third kappa shape index (κ3) is 27.6. The number of aromatic nitrogens is 3. The molecule has 41 heteroatoms. The molecule has 0 saturated carbocycles. The van der Waals surface area contributed by atoms with E-state index in [2.05, 4.69) is 89.4 Å². The summed E-state index contributed by atoms with van der Waals surface area (Å²) in [6.07, 6.45) is -0.161. The number of aliphatic hydroxyl groups excluding tert-OH is 1. The first-order valence-corrected chi connectivity index (χ1v) is 38.7. The molecule has 1 fully saturated rings. The minimum Gasteiger partial charge on any atom is -0.481 e. The van der Waals surface area contributed by atoms with Crippen molar-refractivity contribution in [3.63, 3.8) is 0 Å². The van der Waals surface area contributed by atoms with Gasteiger partial charge in [0, 0.05) is 67.5 Å². The number of carbonyl (C=O) groups is 16. The SMILES string of the molecule is CC[C@H](C)[C@H](NC(C)=O)C(=O)N[C@H]1CSSC[C@@H](C(=O)N[C@H](C(=O)O)[C@@H](C)O)NC(=O)[C@H](CCCNC(=N)N)NC(=O)[C@H](Cc2c[nH]cn2)NC(=O)[C@H](C)NC(=O)CNC(=O)[C@H](Cc2c[nH]c3ccccc23)NC(=O)[C@H](CC(=O)O)NC(=O)[C@H](CCC(N)=O)NC(=O)[C@@H](C2Cc3ccccc3C2)NC(=O)[C@H](C(C)C)NC1=O. The van der Waals surface area contributed by atoms with Crippen LogP contribution in [0.25, 0.3) is 10.9 Å². The van der Waals surface area contributed by atoms with Gasteiger partial charge in [-0.3, -0.25) is 77.3 Å². The molecule has 6 rings (SSSR count). The number of hydrogen-bond donors (Lipinski definition) is 22. The van der Waals surface area contributed by atoms with E-state index in [4.69, 9.17) is 16.9 Å². The molecule has 39 nitrogen and oxygen atoms in total. The van der Waals surface area contributed by atoms with Crippen LogP contribution in [0.4, 0.5) is 0 Å². The molecule has 0 radical (unpaired) electrons. The van der Waals surface area contributed by atoms with Crippen LogP contribution in [0, 0.1) is 23.2 Å². The van der Waals surface area contributed by atoms with Gasteiger partial charge < -0.3 is 111 Å². The highest BCUT2D eigenvalue weighted by Crippen LogP contribution is 2.30. The van der Waals surface area contributed by atoms with Crippen LogP contribution in [-0.2, 0) is 102 Å². The summed E-state index contributed by atoms with van der Waals surface area (Å²) in [5.74, 6) is -21.2. The van der Waals surface area contributed by atoms with Crippen LogP contribution >= 0.6 is 21.6 Å². The Morgan fingerprint density at radius 3 is 1.88 bits per heavy atom. The fourth-order valence-electron chi connectivity index (χ4n) is 12.3. The third-order valence-electron chi connectivity index (χ3n) is 18.6. The van der Waals surface area contributed by atoms with Gasteiger partial charge in [-0.15, -0.1) is 0 Å². The molecule has 14 amide bonds. The number of rotatable bonds is 24. The minimum absolute atomic E-state index is 0.0161. The molecule has 4 aromatic rings. The molecule has 0 unspecified atom stereocenters. The molecule has 0 spiro atoms. The summed E-state index contributed by atoms with van der Waals surface area (Å²) in [7, 11) is 1.61. The number of aliphatic carboxylic acids is 2. The second-order valence-electron chi connectivity index (χ2n) is 27.7. The average molecular weight is 1600 g/mol. The molecule has 0 bridgehead atoms. The van der Waals surface area contributed by atoms with Crippen LogP contribution in [0.2, 0.25) is 0 Å². The number of para-hydroxylation sites is 1. The summed E-state index contributed by atoms with van der Waals surface area (Å²) in [5.41, 5.74) is 13.9. The number of imidazole rings is 1. The highest BCUT2D eigenvalue weighted by atomic mass is 33.1. The minimum atomic E-state index is -2.05. The number of nitrogens with one attached hydrogen (secondary N) is 17. The van der Waals surface area contributed by atoms with Crippen LogP contribution < -0.4 is 85.9 Å². The number of primary amides is 1. The first-order valence-electron chi connectivity index (χ1n) is 36.2. The number of carboxylic acid groups (broad SMARTS) is 2. The molecule has 14 atom stereocenters. The molecule has 2 aliphatic rings. The Morgan fingerprint density at radius 2 is 1.26 bits per heavy atom. The second kappa shape index (κ2) is 43.3. The van der Waals surface area contributed by atoms with Gasteiger partial charge in [-0.25, -0.2) is 9.78 Å². The molecule has 112 heavy (non-hydrogen) atoms. The van der Waals surface area contributed by atoms with Crippen molar-refractivity contribution in [2.45, 2.75) is 191 Å². The van der Waals surface area contributed by atoms with Crippen LogP contribution in [0.5, 0.6) is 0 Å². The van der Waals surface area contributed by atoms with Crippen molar-refractivity contribution in [3.8, 4) is 0 Å². The molecule has 3 heterocycles. The van der Waals surface area contributed by atoms with Crippen molar-refractivity contribution < 1.29 is 92.0 Å². The number of aliphatic hydroxyl groups is 1.